The molecule has 112 valence electrons. The molecule has 0 aromatic heterocycles. The summed E-state index contributed by atoms with van der Waals surface area (Å²) in [5.41, 5.74) is 0.149. The van der Waals surface area contributed by atoms with Crippen LogP contribution in [-0.4, -0.2) is 34.8 Å². The van der Waals surface area contributed by atoms with E-state index in [0.717, 1.165) is 12.1 Å². The molecule has 2 saturated carbocycles. The van der Waals surface area contributed by atoms with Gasteiger partial charge in [0.2, 0.25) is 5.91 Å². The minimum Gasteiger partial charge on any atom is -0.338 e. The maximum absolute atomic E-state index is 12.9. The zero-order chi connectivity index (χ0) is 15.4. The predicted octanol–water partition coefficient (Wildman–Crippen LogP) is 1.92. The van der Waals surface area contributed by atoms with Crippen molar-refractivity contribution in [3.05, 3.63) is 11.6 Å². The molecule has 3 atom stereocenters. The molecule has 0 spiro atoms. The first-order chi connectivity index (χ1) is 9.80. The molecule has 3 aliphatic rings. The minimum absolute atomic E-state index is 0.0576. The van der Waals surface area contributed by atoms with Crippen molar-refractivity contribution in [2.24, 2.45) is 17.3 Å². The van der Waals surface area contributed by atoms with Crippen molar-refractivity contribution in [1.82, 2.24) is 4.90 Å². The van der Waals surface area contributed by atoms with E-state index < -0.39 is 16.5 Å². The highest BCUT2D eigenvalue weighted by molar-refractivity contribution is 7.21. The Labute approximate surface area is 127 Å². The van der Waals surface area contributed by atoms with E-state index in [2.05, 4.69) is 15.3 Å². The van der Waals surface area contributed by atoms with Crippen molar-refractivity contribution < 1.29 is 9.59 Å². The molecule has 21 heavy (non-hydrogen) atoms. The second-order valence-corrected chi connectivity index (χ2v) is 8.10. The van der Waals surface area contributed by atoms with Crippen LogP contribution in [0.5, 0.6) is 0 Å². The largest absolute Gasteiger partial charge is 0.338 e. The second-order valence-electron chi connectivity index (χ2n) is 7.12. The number of amides is 1. The van der Waals surface area contributed by atoms with Crippen molar-refractivity contribution >= 4 is 20.9 Å². The highest BCUT2D eigenvalue weighted by atomic mass is 31.0. The van der Waals surface area contributed by atoms with E-state index in [-0.39, 0.29) is 11.7 Å². The van der Waals surface area contributed by atoms with Gasteiger partial charge in [0.05, 0.1) is 11.2 Å². The summed E-state index contributed by atoms with van der Waals surface area (Å²) in [4.78, 5) is 27.3. The van der Waals surface area contributed by atoms with Crippen LogP contribution in [0.25, 0.3) is 0 Å². The summed E-state index contributed by atoms with van der Waals surface area (Å²) in [6, 6.07) is 2.10. The average molecular weight is 304 g/mol. The molecule has 0 saturated heterocycles. The Morgan fingerprint density at radius 1 is 1.43 bits per heavy atom. The standard InChI is InChI=1S/C16H21N2O2P/c1-15(2)12-5-6-18(9-10-3-4-10)14(20)16(12,21)7-11(8-17)13(15)19/h5,10-11H,3-4,6-7,9,21H2,1-2H3/t11?,16-/m0/s1. The van der Waals surface area contributed by atoms with Gasteiger partial charge in [-0.3, -0.25) is 9.59 Å². The topological polar surface area (TPSA) is 61.2 Å². The Hall–Kier alpha value is -1.20. The van der Waals surface area contributed by atoms with Gasteiger partial charge in [-0.05, 0) is 44.6 Å². The molecule has 4 nitrogen and oxygen atoms in total. The Bertz CT molecular complexity index is 586. The van der Waals surface area contributed by atoms with E-state index in [4.69, 9.17) is 0 Å². The fourth-order valence-corrected chi connectivity index (χ4v) is 4.63. The summed E-state index contributed by atoms with van der Waals surface area (Å²) in [6.07, 6.45) is 4.74. The molecule has 2 unspecified atom stereocenters. The molecule has 2 fully saturated rings. The van der Waals surface area contributed by atoms with Crippen LogP contribution in [0.1, 0.15) is 33.1 Å². The van der Waals surface area contributed by atoms with Gasteiger partial charge in [-0.25, -0.2) is 0 Å². The van der Waals surface area contributed by atoms with E-state index in [1.54, 1.807) is 0 Å². The van der Waals surface area contributed by atoms with Crippen LogP contribution in [0.4, 0.5) is 0 Å². The second kappa shape index (κ2) is 4.65. The normalized spacial score (nSPS) is 35.0. The number of Topliss-reactive ketones (excluding diaryl/α,β-unsaturated/α-hetero) is 1. The molecule has 2 aliphatic carbocycles. The summed E-state index contributed by atoms with van der Waals surface area (Å²) in [5.74, 6) is -0.0440. The van der Waals surface area contributed by atoms with E-state index in [1.165, 1.54) is 12.8 Å². The third-order valence-corrected chi connectivity index (χ3v) is 5.92. The maximum atomic E-state index is 12.9. The molecule has 0 aromatic rings. The van der Waals surface area contributed by atoms with Gasteiger partial charge in [0.15, 0.2) is 5.78 Å². The number of carbonyl (C=O) groups is 2. The molecule has 1 amide bonds. The van der Waals surface area contributed by atoms with Gasteiger partial charge in [0, 0.05) is 18.5 Å². The quantitative estimate of drug-likeness (QED) is 0.578. The first-order valence-corrected chi connectivity index (χ1v) is 8.11. The summed E-state index contributed by atoms with van der Waals surface area (Å²) >= 11 is 0. The monoisotopic (exact) mass is 304 g/mol. The number of hydrogen-bond acceptors (Lipinski definition) is 3. The van der Waals surface area contributed by atoms with Gasteiger partial charge < -0.3 is 4.90 Å². The van der Waals surface area contributed by atoms with E-state index >= 15 is 0 Å². The molecule has 3 rings (SSSR count). The Morgan fingerprint density at radius 3 is 2.67 bits per heavy atom. The van der Waals surface area contributed by atoms with Crippen LogP contribution < -0.4 is 0 Å². The number of ketones is 1. The van der Waals surface area contributed by atoms with Crippen LogP contribution in [-0.2, 0) is 9.59 Å². The number of carbonyl (C=O) groups excluding carboxylic acids is 2. The number of nitriles is 1. The van der Waals surface area contributed by atoms with Gasteiger partial charge in [-0.1, -0.05) is 6.08 Å². The van der Waals surface area contributed by atoms with Gasteiger partial charge in [0.1, 0.15) is 5.92 Å². The first kappa shape index (κ1) is 14.7. The average Bonchev–Trinajstić information content (AvgIpc) is 3.23. The van der Waals surface area contributed by atoms with Crippen LogP contribution in [0.3, 0.4) is 0 Å². The van der Waals surface area contributed by atoms with Crippen molar-refractivity contribution in [3.8, 4) is 6.07 Å². The molecule has 1 heterocycles. The van der Waals surface area contributed by atoms with Gasteiger partial charge >= 0.3 is 0 Å². The van der Waals surface area contributed by atoms with Crippen LogP contribution in [0.2, 0.25) is 0 Å². The molecular weight excluding hydrogens is 283 g/mol. The van der Waals surface area contributed by atoms with Gasteiger partial charge in [-0.2, -0.15) is 5.26 Å². The summed E-state index contributed by atoms with van der Waals surface area (Å²) in [7, 11) is 2.67. The third-order valence-electron chi connectivity index (χ3n) is 5.13. The molecule has 5 heteroatoms. The lowest BCUT2D eigenvalue weighted by Gasteiger charge is -2.49. The SMILES string of the molecule is CC1(C)C(=O)C(C#N)C[C@@]2(P)C(=O)N(CC3CC3)CC=C12. The number of nitrogens with zero attached hydrogens (tertiary/aromatic N) is 2. The number of rotatable bonds is 2. The van der Waals surface area contributed by atoms with E-state index in [9.17, 15) is 14.9 Å². The Kier molecular flexibility index (Phi) is 3.26. The minimum atomic E-state index is -0.773. The lowest BCUT2D eigenvalue weighted by atomic mass is 9.61. The zero-order valence-corrected chi connectivity index (χ0v) is 13.7. The van der Waals surface area contributed by atoms with E-state index in [0.29, 0.717) is 18.9 Å². The van der Waals surface area contributed by atoms with Gasteiger partial charge in [-0.15, -0.1) is 9.24 Å². The summed E-state index contributed by atoms with van der Waals surface area (Å²) < 4.78 is 0. The van der Waals surface area contributed by atoms with Gasteiger partial charge in [0.25, 0.3) is 0 Å². The molecule has 0 aromatic carbocycles. The van der Waals surface area contributed by atoms with Crippen molar-refractivity contribution in [2.75, 3.05) is 13.1 Å². The van der Waals surface area contributed by atoms with Crippen molar-refractivity contribution in [2.45, 2.75) is 38.3 Å². The zero-order valence-electron chi connectivity index (χ0n) is 12.6. The highest BCUT2D eigenvalue weighted by Gasteiger charge is 2.57. The number of fused-ring (bicyclic) bond motifs is 1. The van der Waals surface area contributed by atoms with Crippen LogP contribution >= 0.6 is 9.24 Å². The van der Waals surface area contributed by atoms with Crippen LogP contribution in [0, 0.1) is 28.6 Å². The Balaban J connectivity index is 1.99. The molecule has 0 radical (unpaired) electrons. The summed E-state index contributed by atoms with van der Waals surface area (Å²) in [6.45, 7) is 5.08. The first-order valence-electron chi connectivity index (χ1n) is 7.54. The summed E-state index contributed by atoms with van der Waals surface area (Å²) in [5, 5.41) is 8.51. The predicted molar refractivity (Wildman–Crippen MR) is 82.3 cm³/mol. The van der Waals surface area contributed by atoms with E-state index in [1.807, 2.05) is 24.8 Å². The molecule has 0 N–H and O–H groups in total. The van der Waals surface area contributed by atoms with Crippen LogP contribution in [0.15, 0.2) is 11.6 Å². The Morgan fingerprint density at radius 2 is 2.10 bits per heavy atom. The van der Waals surface area contributed by atoms with Crippen molar-refractivity contribution in [1.29, 1.82) is 5.26 Å². The highest BCUT2D eigenvalue weighted by Crippen LogP contribution is 2.52. The smallest absolute Gasteiger partial charge is 0.237 e. The lowest BCUT2D eigenvalue weighted by molar-refractivity contribution is -0.138. The molecule has 1 aliphatic heterocycles. The lowest BCUT2D eigenvalue weighted by Crippen LogP contribution is -2.58. The third kappa shape index (κ3) is 2.14. The maximum Gasteiger partial charge on any atom is 0.237 e. The number of hydrogen-bond donors (Lipinski definition) is 0. The fraction of sp³-hybridized carbons (Fsp3) is 0.688. The van der Waals surface area contributed by atoms with Crippen molar-refractivity contribution in [3.63, 3.8) is 0 Å². The fourth-order valence-electron chi connectivity index (χ4n) is 3.73. The molecule has 0 bridgehead atoms. The molecular formula is C16H21N2O2P.